The summed E-state index contributed by atoms with van der Waals surface area (Å²) in [6.45, 7) is 2.48. The molecule has 4 N–H and O–H groups in total. The maximum absolute atomic E-state index is 12.7. The van der Waals surface area contributed by atoms with Crippen molar-refractivity contribution in [1.29, 1.82) is 0 Å². The van der Waals surface area contributed by atoms with Crippen LogP contribution in [0.25, 0.3) is 0 Å². The number of benzene rings is 2. The Bertz CT molecular complexity index is 1470. The lowest BCUT2D eigenvalue weighted by atomic mass is 9.76. The Morgan fingerprint density at radius 3 is 2.35 bits per heavy atom. The van der Waals surface area contributed by atoms with E-state index in [0.29, 0.717) is 51.0 Å². The van der Waals surface area contributed by atoms with E-state index < -0.39 is 11.9 Å². The van der Waals surface area contributed by atoms with Gasteiger partial charge in [0.2, 0.25) is 12.7 Å². The Hall–Kier alpha value is -3.65. The number of anilines is 1. The number of rotatable bonds is 16. The van der Waals surface area contributed by atoms with Crippen LogP contribution < -0.4 is 20.1 Å². The Morgan fingerprint density at radius 1 is 0.935 bits per heavy atom. The van der Waals surface area contributed by atoms with Crippen LogP contribution >= 0.6 is 15.9 Å². The van der Waals surface area contributed by atoms with Crippen LogP contribution in [0, 0.1) is 5.92 Å². The normalized spacial score (nSPS) is 19.3. The van der Waals surface area contributed by atoms with Gasteiger partial charge in [-0.3, -0.25) is 29.1 Å². The van der Waals surface area contributed by atoms with E-state index in [4.69, 9.17) is 14.6 Å². The van der Waals surface area contributed by atoms with Gasteiger partial charge in [-0.05, 0) is 67.7 Å². The molecule has 0 bridgehead atoms. The number of carboxylic acid groups (broad SMARTS) is 2. The van der Waals surface area contributed by atoms with Crippen molar-refractivity contribution in [3.63, 3.8) is 0 Å². The number of aliphatic carboxylic acids is 2. The fourth-order valence-corrected chi connectivity index (χ4v) is 6.97. The Balaban J connectivity index is 1.10. The van der Waals surface area contributed by atoms with Crippen LogP contribution in [0.5, 0.6) is 11.5 Å². The highest BCUT2D eigenvalue weighted by Gasteiger charge is 2.39. The number of nitrogens with zero attached hydrogens (tertiary/aromatic N) is 3. The van der Waals surface area contributed by atoms with Crippen molar-refractivity contribution in [2.24, 2.45) is 5.92 Å². The van der Waals surface area contributed by atoms with Gasteiger partial charge in [-0.25, -0.2) is 0 Å². The fourth-order valence-electron chi connectivity index (χ4n) is 6.40. The molecular weight excluding hydrogens is 658 g/mol. The zero-order valence-corrected chi connectivity index (χ0v) is 27.8. The van der Waals surface area contributed by atoms with Crippen molar-refractivity contribution in [1.82, 2.24) is 20.0 Å². The molecule has 2 heterocycles. The van der Waals surface area contributed by atoms with Gasteiger partial charge in [-0.2, -0.15) is 0 Å². The molecule has 1 amide bonds. The minimum Gasteiger partial charge on any atom is -0.480 e. The molecule has 2 aliphatic heterocycles. The molecule has 0 saturated heterocycles. The van der Waals surface area contributed by atoms with Crippen LogP contribution in [0.15, 0.2) is 47.0 Å². The maximum Gasteiger partial charge on any atom is 0.317 e. The summed E-state index contributed by atoms with van der Waals surface area (Å²) < 4.78 is 12.2. The number of hydrogen-bond donors (Lipinski definition) is 4. The number of allylic oxidation sites excluding steroid dienone is 2. The topological polar surface area (TPSA) is 144 Å². The summed E-state index contributed by atoms with van der Waals surface area (Å²) in [5, 5.41) is 25.0. The van der Waals surface area contributed by atoms with Gasteiger partial charge in [0, 0.05) is 48.8 Å². The standard InChI is InChI=1S/C33H42BrN5O7/c1-37(10-12-39(19-32(43)44)13-11-38(2)18-31(41)42)17-30(40)35-9-8-21-6-7-27-24(14-21)22-4-3-5-23(22)33(36-27)25-15-28-29(16-26(25)34)46-20-45-28/h3-4,6-7,14-16,22-23,33,36H,5,8-13,17-20H2,1-2H3,(H,35,40)(H,41,42)(H,43,44). The SMILES string of the molecule is CN(CCN(CCN(C)CC(=O)NCCc1ccc2c(c1)C1C=CCC1C(c1cc3c(cc1Br)OCO3)N2)CC(=O)O)CC(=O)O. The number of carbonyl (C=O) groups is 3. The lowest BCUT2D eigenvalue weighted by Gasteiger charge is -2.38. The van der Waals surface area contributed by atoms with E-state index in [0.717, 1.165) is 39.2 Å². The van der Waals surface area contributed by atoms with E-state index in [-0.39, 0.29) is 38.4 Å². The van der Waals surface area contributed by atoms with Gasteiger partial charge in [0.15, 0.2) is 11.5 Å². The molecule has 0 saturated carbocycles. The van der Waals surface area contributed by atoms with E-state index >= 15 is 0 Å². The summed E-state index contributed by atoms with van der Waals surface area (Å²) in [4.78, 5) is 40.1. The molecule has 0 spiro atoms. The average Bonchev–Trinajstić information content (AvgIpc) is 3.67. The molecular formula is C33H42BrN5O7. The fraction of sp³-hybridized carbons (Fsp3) is 0.485. The molecule has 0 fully saturated rings. The van der Waals surface area contributed by atoms with E-state index in [1.807, 2.05) is 18.0 Å². The first-order valence-corrected chi connectivity index (χ1v) is 16.3. The second-order valence-corrected chi connectivity index (χ2v) is 13.1. The monoisotopic (exact) mass is 699 g/mol. The van der Waals surface area contributed by atoms with Gasteiger partial charge >= 0.3 is 11.9 Å². The highest BCUT2D eigenvalue weighted by atomic mass is 79.9. The summed E-state index contributed by atoms with van der Waals surface area (Å²) in [5.74, 6) is 0.220. The molecule has 2 aromatic rings. The van der Waals surface area contributed by atoms with Crippen molar-refractivity contribution in [3.05, 3.63) is 63.6 Å². The van der Waals surface area contributed by atoms with Gasteiger partial charge in [-0.15, -0.1) is 0 Å². The minimum atomic E-state index is -0.948. The number of halogens is 1. The summed E-state index contributed by atoms with van der Waals surface area (Å²) in [5.41, 5.74) is 4.70. The number of nitrogens with one attached hydrogen (secondary N) is 2. The Morgan fingerprint density at radius 2 is 1.63 bits per heavy atom. The molecule has 3 unspecified atom stereocenters. The number of likely N-dealkylation sites (N-methyl/N-ethyl adjacent to an activating group) is 2. The van der Waals surface area contributed by atoms with Crippen LogP contribution in [-0.4, -0.2) is 116 Å². The number of fused-ring (bicyclic) bond motifs is 4. The highest BCUT2D eigenvalue weighted by Crippen LogP contribution is 2.52. The maximum atomic E-state index is 12.7. The lowest BCUT2D eigenvalue weighted by molar-refractivity contribution is -0.140. The highest BCUT2D eigenvalue weighted by molar-refractivity contribution is 9.10. The molecule has 0 radical (unpaired) electrons. The molecule has 1 aliphatic carbocycles. The van der Waals surface area contributed by atoms with E-state index in [1.54, 1.807) is 16.8 Å². The second kappa shape index (κ2) is 15.3. The van der Waals surface area contributed by atoms with Gasteiger partial charge < -0.3 is 30.3 Å². The third kappa shape index (κ3) is 8.58. The first kappa shape index (κ1) is 33.7. The third-order valence-electron chi connectivity index (χ3n) is 8.76. The molecule has 12 nitrogen and oxygen atoms in total. The first-order chi connectivity index (χ1) is 22.1. The largest absolute Gasteiger partial charge is 0.480 e. The first-order valence-electron chi connectivity index (χ1n) is 15.5. The summed E-state index contributed by atoms with van der Waals surface area (Å²) in [6, 6.07) is 10.7. The molecule has 2 aromatic carbocycles. The van der Waals surface area contributed by atoms with Gasteiger partial charge in [0.1, 0.15) is 0 Å². The third-order valence-corrected chi connectivity index (χ3v) is 9.45. The van der Waals surface area contributed by atoms with Crippen molar-refractivity contribution in [2.45, 2.75) is 24.8 Å². The molecule has 0 aromatic heterocycles. The predicted molar refractivity (Wildman–Crippen MR) is 176 cm³/mol. The number of ether oxygens (including phenoxy) is 2. The van der Waals surface area contributed by atoms with Crippen molar-refractivity contribution in [3.8, 4) is 11.5 Å². The minimum absolute atomic E-state index is 0.0935. The van der Waals surface area contributed by atoms with Crippen molar-refractivity contribution >= 4 is 39.5 Å². The Kier molecular flexibility index (Phi) is 11.2. The van der Waals surface area contributed by atoms with E-state index in [2.05, 4.69) is 63.0 Å². The lowest BCUT2D eigenvalue weighted by Crippen LogP contribution is -2.43. The van der Waals surface area contributed by atoms with E-state index in [9.17, 15) is 19.5 Å². The zero-order valence-electron chi connectivity index (χ0n) is 26.2. The molecule has 248 valence electrons. The van der Waals surface area contributed by atoms with Gasteiger partial charge in [-0.1, -0.05) is 40.2 Å². The quantitative estimate of drug-likeness (QED) is 0.192. The predicted octanol–water partition coefficient (Wildman–Crippen LogP) is 3.00. The average molecular weight is 701 g/mol. The molecule has 3 aliphatic rings. The number of carboxylic acids is 2. The number of hydrogen-bond acceptors (Lipinski definition) is 9. The van der Waals surface area contributed by atoms with Gasteiger partial charge in [0.05, 0.1) is 25.7 Å². The molecule has 46 heavy (non-hydrogen) atoms. The Labute approximate surface area is 277 Å². The number of amides is 1. The van der Waals surface area contributed by atoms with Crippen LogP contribution in [-0.2, 0) is 20.8 Å². The number of carbonyl (C=O) groups excluding carboxylic acids is 1. The van der Waals surface area contributed by atoms with Crippen LogP contribution in [0.2, 0.25) is 0 Å². The van der Waals surface area contributed by atoms with Crippen molar-refractivity contribution in [2.75, 3.05) is 78.6 Å². The van der Waals surface area contributed by atoms with Crippen LogP contribution in [0.1, 0.15) is 35.1 Å². The summed E-state index contributed by atoms with van der Waals surface area (Å²) >= 11 is 3.75. The van der Waals surface area contributed by atoms with Crippen LogP contribution in [0.4, 0.5) is 5.69 Å². The second-order valence-electron chi connectivity index (χ2n) is 12.3. The van der Waals surface area contributed by atoms with Crippen LogP contribution in [0.3, 0.4) is 0 Å². The van der Waals surface area contributed by atoms with Crippen molar-refractivity contribution < 1.29 is 34.1 Å². The van der Waals surface area contributed by atoms with Gasteiger partial charge in [0.25, 0.3) is 0 Å². The summed E-state index contributed by atoms with van der Waals surface area (Å²) in [7, 11) is 3.51. The molecule has 3 atom stereocenters. The molecule has 5 rings (SSSR count). The molecule has 13 heteroatoms. The summed E-state index contributed by atoms with van der Waals surface area (Å²) in [6.07, 6.45) is 6.26. The van der Waals surface area contributed by atoms with E-state index in [1.165, 1.54) is 5.56 Å². The smallest absolute Gasteiger partial charge is 0.317 e. The zero-order chi connectivity index (χ0) is 32.8.